The molecule has 19 heteroatoms. The van der Waals surface area contributed by atoms with Gasteiger partial charge in [0.25, 0.3) is 5.56 Å². The Morgan fingerprint density at radius 3 is 1.80 bits per heavy atom. The van der Waals surface area contributed by atoms with Crippen LogP contribution in [-0.2, 0) is 23.7 Å². The molecule has 228 valence electrons. The third-order valence-corrected chi connectivity index (χ3v) is 7.50. The molecule has 0 aliphatic carbocycles. The van der Waals surface area contributed by atoms with Gasteiger partial charge in [0.15, 0.2) is 18.8 Å². The van der Waals surface area contributed by atoms with Crippen LogP contribution in [0.2, 0.25) is 0 Å². The lowest BCUT2D eigenvalue weighted by Gasteiger charge is -2.46. The molecule has 0 saturated carbocycles. The van der Waals surface area contributed by atoms with Gasteiger partial charge in [-0.25, -0.2) is 4.79 Å². The standard InChI is InChI=1S/C21H31BrN2O16/c22-5-1-24(21(35)23-17(5)34)18-14(33)16(7(3-26)36-18)40-20-13(32)11(30)15(8(4-27)38-20)39-19-12(31)10(29)9(28)6(2-25)37-19/h1,6-16,18-20,25-33H,2-4H2,(H,23,34,35)/t6-,7+,8-,9-,10-,11+,12+,13+,14-,15+,16+,18-,19+,20+/m0/s1. The maximum Gasteiger partial charge on any atom is 0.330 e. The first kappa shape index (κ1) is 31.5. The first-order valence-electron chi connectivity index (χ1n) is 12.1. The van der Waals surface area contributed by atoms with Crippen LogP contribution in [0.3, 0.4) is 0 Å². The van der Waals surface area contributed by atoms with Crippen molar-refractivity contribution in [3.8, 4) is 0 Å². The number of aliphatic hydroxyl groups excluding tert-OH is 9. The highest BCUT2D eigenvalue weighted by Gasteiger charge is 2.53. The van der Waals surface area contributed by atoms with Crippen LogP contribution in [0.1, 0.15) is 6.23 Å². The second-order valence-corrected chi connectivity index (χ2v) is 10.3. The minimum Gasteiger partial charge on any atom is -0.394 e. The van der Waals surface area contributed by atoms with Crippen LogP contribution in [0.4, 0.5) is 0 Å². The van der Waals surface area contributed by atoms with Crippen molar-refractivity contribution in [1.82, 2.24) is 9.55 Å². The highest BCUT2D eigenvalue weighted by atomic mass is 79.9. The lowest BCUT2D eigenvalue weighted by molar-refractivity contribution is -0.364. The van der Waals surface area contributed by atoms with E-state index in [0.717, 1.165) is 10.8 Å². The van der Waals surface area contributed by atoms with E-state index in [1.54, 1.807) is 0 Å². The highest BCUT2D eigenvalue weighted by molar-refractivity contribution is 9.10. The molecular formula is C21H31BrN2O16. The lowest BCUT2D eigenvalue weighted by atomic mass is 9.97. The van der Waals surface area contributed by atoms with E-state index in [1.807, 2.05) is 4.98 Å². The van der Waals surface area contributed by atoms with E-state index in [4.69, 9.17) is 23.7 Å². The van der Waals surface area contributed by atoms with Crippen LogP contribution in [0, 0.1) is 0 Å². The predicted octanol–water partition coefficient (Wildman–Crippen LogP) is -6.44. The van der Waals surface area contributed by atoms with Crippen molar-refractivity contribution in [1.29, 1.82) is 0 Å². The van der Waals surface area contributed by atoms with Crippen molar-refractivity contribution in [2.45, 2.75) is 86.0 Å². The first-order chi connectivity index (χ1) is 18.9. The summed E-state index contributed by atoms with van der Waals surface area (Å²) in [5, 5.41) is 91.6. The molecule has 0 radical (unpaired) electrons. The Bertz CT molecular complexity index is 1120. The molecule has 18 nitrogen and oxygen atoms in total. The molecule has 0 unspecified atom stereocenters. The summed E-state index contributed by atoms with van der Waals surface area (Å²) in [5.74, 6) is 0. The van der Waals surface area contributed by atoms with Crippen LogP contribution in [0.25, 0.3) is 0 Å². The van der Waals surface area contributed by atoms with Gasteiger partial charge in [0, 0.05) is 6.20 Å². The van der Waals surface area contributed by atoms with Gasteiger partial charge in [0.2, 0.25) is 0 Å². The van der Waals surface area contributed by atoms with Crippen LogP contribution < -0.4 is 11.2 Å². The molecule has 14 atom stereocenters. The normalized spacial score (nSPS) is 44.1. The molecule has 4 rings (SSSR count). The number of halogens is 1. The zero-order valence-corrected chi connectivity index (χ0v) is 22.1. The summed E-state index contributed by atoms with van der Waals surface area (Å²) in [7, 11) is 0. The third kappa shape index (κ3) is 5.91. The average Bonchev–Trinajstić information content (AvgIpc) is 3.24. The van der Waals surface area contributed by atoms with E-state index in [0.29, 0.717) is 0 Å². The third-order valence-electron chi connectivity index (χ3n) is 6.94. The molecule has 40 heavy (non-hydrogen) atoms. The second kappa shape index (κ2) is 12.9. The summed E-state index contributed by atoms with van der Waals surface area (Å²) < 4.78 is 28.2. The van der Waals surface area contributed by atoms with Crippen LogP contribution in [0.15, 0.2) is 20.3 Å². The van der Waals surface area contributed by atoms with Gasteiger partial charge in [-0.3, -0.25) is 14.3 Å². The highest BCUT2D eigenvalue weighted by Crippen LogP contribution is 2.35. The number of hydrogen-bond acceptors (Lipinski definition) is 16. The zero-order chi connectivity index (χ0) is 29.5. The van der Waals surface area contributed by atoms with Gasteiger partial charge in [0.1, 0.15) is 67.1 Å². The molecule has 3 fully saturated rings. The number of aromatic amines is 1. The minimum absolute atomic E-state index is 0.0572. The fourth-order valence-corrected chi connectivity index (χ4v) is 5.06. The van der Waals surface area contributed by atoms with Gasteiger partial charge in [-0.1, -0.05) is 0 Å². The molecule has 4 heterocycles. The molecule has 1 aromatic rings. The molecular weight excluding hydrogens is 616 g/mol. The number of hydrogen-bond donors (Lipinski definition) is 10. The largest absolute Gasteiger partial charge is 0.394 e. The van der Waals surface area contributed by atoms with E-state index < -0.39 is 117 Å². The summed E-state index contributed by atoms with van der Waals surface area (Å²) in [4.78, 5) is 25.9. The molecule has 0 bridgehead atoms. The smallest absolute Gasteiger partial charge is 0.330 e. The van der Waals surface area contributed by atoms with Gasteiger partial charge in [0.05, 0.1) is 24.3 Å². The molecule has 3 saturated heterocycles. The maximum absolute atomic E-state index is 12.3. The SMILES string of the molecule is O=c1[nH]c(=O)n([C@H]2O[C@H](CO)[C@@H](O[C@H]3O[C@@H](CO)[C@@H](O[C@H]4O[C@@H](CO)[C@H](O)[C@H](O)[C@H]4O)[C@H](O)[C@H]3O)[C@@H]2O)cc1Br. The van der Waals surface area contributed by atoms with Crippen molar-refractivity contribution in [2.75, 3.05) is 19.8 Å². The molecule has 0 spiro atoms. The van der Waals surface area contributed by atoms with Crippen molar-refractivity contribution < 1.29 is 69.6 Å². The minimum atomic E-state index is -1.92. The van der Waals surface area contributed by atoms with Gasteiger partial charge in [-0.05, 0) is 15.9 Å². The fourth-order valence-electron chi connectivity index (χ4n) is 4.74. The number of rotatable bonds is 8. The number of H-pyrrole nitrogens is 1. The second-order valence-electron chi connectivity index (χ2n) is 9.49. The summed E-state index contributed by atoms with van der Waals surface area (Å²) >= 11 is 2.96. The van der Waals surface area contributed by atoms with Crippen LogP contribution >= 0.6 is 15.9 Å². The molecule has 10 N–H and O–H groups in total. The van der Waals surface area contributed by atoms with Crippen molar-refractivity contribution >= 4 is 15.9 Å². The van der Waals surface area contributed by atoms with Gasteiger partial charge in [-0.2, -0.15) is 0 Å². The zero-order valence-electron chi connectivity index (χ0n) is 20.5. The summed E-state index contributed by atoms with van der Waals surface area (Å²) in [6.07, 6.45) is -21.8. The van der Waals surface area contributed by atoms with Gasteiger partial charge < -0.3 is 69.6 Å². The topological polar surface area (TPSA) is 283 Å². The number of nitrogens with zero attached hydrogens (tertiary/aromatic N) is 1. The average molecular weight is 647 g/mol. The Balaban J connectivity index is 1.49. The van der Waals surface area contributed by atoms with E-state index in [-0.39, 0.29) is 4.47 Å². The van der Waals surface area contributed by atoms with Crippen molar-refractivity contribution in [3.63, 3.8) is 0 Å². The monoisotopic (exact) mass is 646 g/mol. The van der Waals surface area contributed by atoms with E-state index in [9.17, 15) is 55.5 Å². The Labute approximate surface area is 232 Å². The van der Waals surface area contributed by atoms with Gasteiger partial charge >= 0.3 is 5.69 Å². The number of aliphatic hydroxyl groups is 9. The maximum atomic E-state index is 12.3. The van der Waals surface area contributed by atoms with Crippen molar-refractivity contribution in [2.24, 2.45) is 0 Å². The predicted molar refractivity (Wildman–Crippen MR) is 127 cm³/mol. The van der Waals surface area contributed by atoms with Crippen LogP contribution in [-0.4, -0.2) is 155 Å². The number of aromatic nitrogens is 2. The van der Waals surface area contributed by atoms with E-state index >= 15 is 0 Å². The van der Waals surface area contributed by atoms with E-state index in [1.165, 1.54) is 0 Å². The van der Waals surface area contributed by atoms with Crippen molar-refractivity contribution in [3.05, 3.63) is 31.5 Å². The Kier molecular flexibility index (Phi) is 10.1. The van der Waals surface area contributed by atoms with E-state index in [2.05, 4.69) is 15.9 Å². The molecule has 0 aromatic carbocycles. The number of nitrogens with one attached hydrogen (secondary N) is 1. The summed E-state index contributed by atoms with van der Waals surface area (Å²) in [6, 6.07) is 0. The molecule has 3 aliphatic rings. The van der Waals surface area contributed by atoms with Crippen LogP contribution in [0.5, 0.6) is 0 Å². The molecule has 0 amide bonds. The first-order valence-corrected chi connectivity index (χ1v) is 12.9. The lowest BCUT2D eigenvalue weighted by Crippen LogP contribution is -2.65. The number of ether oxygens (including phenoxy) is 5. The quantitative estimate of drug-likeness (QED) is 0.126. The Morgan fingerprint density at radius 2 is 1.23 bits per heavy atom. The summed E-state index contributed by atoms with van der Waals surface area (Å²) in [6.45, 7) is -2.31. The van der Waals surface area contributed by atoms with Gasteiger partial charge in [-0.15, -0.1) is 0 Å². The summed E-state index contributed by atoms with van der Waals surface area (Å²) in [5.41, 5.74) is -1.67. The fraction of sp³-hybridized carbons (Fsp3) is 0.810. The molecule has 1 aromatic heterocycles. The molecule has 3 aliphatic heterocycles. The Morgan fingerprint density at radius 1 is 0.725 bits per heavy atom. The Hall–Kier alpha value is -1.40.